The zero-order chi connectivity index (χ0) is 18.3. The quantitative estimate of drug-likeness (QED) is 0.620. The lowest BCUT2D eigenvalue weighted by Crippen LogP contribution is -2.46. The first kappa shape index (κ1) is 17.3. The number of aromatic nitrogens is 1. The van der Waals surface area contributed by atoms with Crippen molar-refractivity contribution in [3.8, 4) is 0 Å². The lowest BCUT2D eigenvalue weighted by Gasteiger charge is -2.36. The Morgan fingerprint density at radius 3 is 2.27 bits per heavy atom. The molecule has 2 heterocycles. The Labute approximate surface area is 160 Å². The summed E-state index contributed by atoms with van der Waals surface area (Å²) in [5.74, 6) is 0. The van der Waals surface area contributed by atoms with E-state index in [-0.39, 0.29) is 5.41 Å². The molecule has 3 nitrogen and oxygen atoms in total. The summed E-state index contributed by atoms with van der Waals surface area (Å²) in [5.41, 5.74) is 5.49. The summed E-state index contributed by atoms with van der Waals surface area (Å²) in [6, 6.07) is 15.4. The molecule has 1 fully saturated rings. The van der Waals surface area contributed by atoms with E-state index in [1.807, 2.05) is 0 Å². The highest BCUT2D eigenvalue weighted by molar-refractivity contribution is 7.22. The first-order valence-electron chi connectivity index (χ1n) is 9.38. The molecule has 0 aliphatic carbocycles. The van der Waals surface area contributed by atoms with Crippen LogP contribution in [0.1, 0.15) is 31.9 Å². The van der Waals surface area contributed by atoms with E-state index >= 15 is 0 Å². The lowest BCUT2D eigenvalue weighted by atomic mass is 9.84. The smallest absolute Gasteiger partial charge is 0.186 e. The molecule has 26 heavy (non-hydrogen) atoms. The minimum atomic E-state index is 0.203. The van der Waals surface area contributed by atoms with Gasteiger partial charge in [-0.3, -0.25) is 0 Å². The molecule has 4 rings (SSSR count). The van der Waals surface area contributed by atoms with Crippen LogP contribution in [-0.4, -0.2) is 31.2 Å². The molecule has 1 aromatic heterocycles. The number of benzene rings is 2. The number of rotatable bonds is 2. The van der Waals surface area contributed by atoms with Gasteiger partial charge in [0, 0.05) is 31.9 Å². The van der Waals surface area contributed by atoms with Crippen molar-refractivity contribution in [3.63, 3.8) is 0 Å². The van der Waals surface area contributed by atoms with Crippen LogP contribution in [0.5, 0.6) is 0 Å². The van der Waals surface area contributed by atoms with Gasteiger partial charge in [-0.05, 0) is 47.7 Å². The zero-order valence-electron chi connectivity index (χ0n) is 16.1. The third kappa shape index (κ3) is 3.30. The van der Waals surface area contributed by atoms with Crippen molar-refractivity contribution < 1.29 is 0 Å². The van der Waals surface area contributed by atoms with Crippen LogP contribution >= 0.6 is 11.3 Å². The normalized spacial score (nSPS) is 15.7. The third-order valence-corrected chi connectivity index (χ3v) is 6.31. The van der Waals surface area contributed by atoms with Gasteiger partial charge in [0.05, 0.1) is 10.2 Å². The minimum Gasteiger partial charge on any atom is -0.368 e. The summed E-state index contributed by atoms with van der Waals surface area (Å²) in [6.45, 7) is 13.2. The lowest BCUT2D eigenvalue weighted by molar-refractivity contribution is 0.585. The van der Waals surface area contributed by atoms with Gasteiger partial charge < -0.3 is 9.80 Å². The van der Waals surface area contributed by atoms with Crippen molar-refractivity contribution >= 4 is 32.4 Å². The molecule has 0 spiro atoms. The molecule has 136 valence electrons. The number of thiazole rings is 1. The molecule has 0 atom stereocenters. The van der Waals surface area contributed by atoms with E-state index in [1.54, 1.807) is 11.3 Å². The summed E-state index contributed by atoms with van der Waals surface area (Å²) in [5, 5.41) is 1.16. The van der Waals surface area contributed by atoms with Gasteiger partial charge in [0.2, 0.25) is 0 Å². The van der Waals surface area contributed by atoms with Crippen LogP contribution in [0.3, 0.4) is 0 Å². The SMILES string of the molecule is Cc1cc(N2CCN(c3nc4ccccc4s3)CC2)ccc1C(C)(C)C. The number of nitrogens with zero attached hydrogens (tertiary/aromatic N) is 3. The first-order chi connectivity index (χ1) is 12.4. The molecule has 0 amide bonds. The third-order valence-electron chi connectivity index (χ3n) is 5.22. The number of para-hydroxylation sites is 1. The van der Waals surface area contributed by atoms with E-state index in [9.17, 15) is 0 Å². The molecule has 1 saturated heterocycles. The highest BCUT2D eigenvalue weighted by Crippen LogP contribution is 2.31. The molecule has 1 aliphatic heterocycles. The van der Waals surface area contributed by atoms with E-state index in [1.165, 1.54) is 21.5 Å². The highest BCUT2D eigenvalue weighted by atomic mass is 32.1. The van der Waals surface area contributed by atoms with Crippen molar-refractivity contribution in [1.82, 2.24) is 4.98 Å². The monoisotopic (exact) mass is 365 g/mol. The van der Waals surface area contributed by atoms with E-state index < -0.39 is 0 Å². The summed E-state index contributed by atoms with van der Waals surface area (Å²) >= 11 is 1.80. The zero-order valence-corrected chi connectivity index (χ0v) is 16.9. The van der Waals surface area contributed by atoms with Crippen LogP contribution in [-0.2, 0) is 5.41 Å². The predicted octanol–water partition coefficient (Wildman–Crippen LogP) is 5.23. The molecular weight excluding hydrogens is 338 g/mol. The first-order valence-corrected chi connectivity index (χ1v) is 10.2. The average Bonchev–Trinajstić information content (AvgIpc) is 3.05. The molecule has 0 saturated carbocycles. The van der Waals surface area contributed by atoms with Crippen molar-refractivity contribution in [1.29, 1.82) is 0 Å². The maximum atomic E-state index is 4.81. The molecule has 1 aliphatic rings. The Morgan fingerprint density at radius 1 is 0.923 bits per heavy atom. The van der Waals surface area contributed by atoms with Crippen LogP contribution in [0, 0.1) is 6.92 Å². The molecule has 0 radical (unpaired) electrons. The molecule has 2 aromatic carbocycles. The van der Waals surface area contributed by atoms with Crippen molar-refractivity contribution in [2.75, 3.05) is 36.0 Å². The molecular formula is C22H27N3S. The minimum absolute atomic E-state index is 0.203. The van der Waals surface area contributed by atoms with Crippen LogP contribution in [0.15, 0.2) is 42.5 Å². The largest absolute Gasteiger partial charge is 0.368 e. The second-order valence-corrected chi connectivity index (χ2v) is 9.20. The van der Waals surface area contributed by atoms with Gasteiger partial charge in [-0.2, -0.15) is 0 Å². The maximum Gasteiger partial charge on any atom is 0.186 e. The van der Waals surface area contributed by atoms with Crippen molar-refractivity contribution in [2.45, 2.75) is 33.1 Å². The molecule has 4 heteroatoms. The number of hydrogen-bond donors (Lipinski definition) is 0. The average molecular weight is 366 g/mol. The Hall–Kier alpha value is -2.07. The maximum absolute atomic E-state index is 4.81. The van der Waals surface area contributed by atoms with Crippen LogP contribution in [0.25, 0.3) is 10.2 Å². The fraction of sp³-hybridized carbons (Fsp3) is 0.409. The van der Waals surface area contributed by atoms with E-state index in [0.717, 1.165) is 36.8 Å². The van der Waals surface area contributed by atoms with Crippen LogP contribution in [0.2, 0.25) is 0 Å². The topological polar surface area (TPSA) is 19.4 Å². The summed E-state index contributed by atoms with van der Waals surface area (Å²) < 4.78 is 1.28. The highest BCUT2D eigenvalue weighted by Gasteiger charge is 2.22. The fourth-order valence-corrected chi connectivity index (χ4v) is 4.85. The fourth-order valence-electron chi connectivity index (χ4n) is 3.84. The second kappa shape index (κ2) is 6.58. The molecule has 0 bridgehead atoms. The molecule has 0 N–H and O–H groups in total. The number of anilines is 2. The summed E-state index contributed by atoms with van der Waals surface area (Å²) in [6.07, 6.45) is 0. The molecule has 3 aromatic rings. The number of piperazine rings is 1. The van der Waals surface area contributed by atoms with E-state index in [4.69, 9.17) is 4.98 Å². The van der Waals surface area contributed by atoms with Crippen molar-refractivity contribution in [3.05, 3.63) is 53.6 Å². The number of hydrogen-bond acceptors (Lipinski definition) is 4. The summed E-state index contributed by atoms with van der Waals surface area (Å²) in [7, 11) is 0. The predicted molar refractivity (Wildman–Crippen MR) is 114 cm³/mol. The van der Waals surface area contributed by atoms with Gasteiger partial charge in [-0.25, -0.2) is 4.98 Å². The molecule has 0 unspecified atom stereocenters. The van der Waals surface area contributed by atoms with Gasteiger partial charge in [0.25, 0.3) is 0 Å². The van der Waals surface area contributed by atoms with Gasteiger partial charge in [-0.1, -0.05) is 50.3 Å². The van der Waals surface area contributed by atoms with Gasteiger partial charge in [0.15, 0.2) is 5.13 Å². The van der Waals surface area contributed by atoms with Gasteiger partial charge in [0.1, 0.15) is 0 Å². The summed E-state index contributed by atoms with van der Waals surface area (Å²) in [4.78, 5) is 9.74. The van der Waals surface area contributed by atoms with Crippen LogP contribution in [0.4, 0.5) is 10.8 Å². The Morgan fingerprint density at radius 2 is 1.62 bits per heavy atom. The second-order valence-electron chi connectivity index (χ2n) is 8.19. The number of fused-ring (bicyclic) bond motifs is 1. The number of aryl methyl sites for hydroxylation is 1. The van der Waals surface area contributed by atoms with Gasteiger partial charge in [-0.15, -0.1) is 0 Å². The van der Waals surface area contributed by atoms with Crippen LogP contribution < -0.4 is 9.80 Å². The van der Waals surface area contributed by atoms with Crippen molar-refractivity contribution in [2.24, 2.45) is 0 Å². The Balaban J connectivity index is 1.47. The van der Waals surface area contributed by atoms with E-state index in [0.29, 0.717) is 0 Å². The van der Waals surface area contributed by atoms with Gasteiger partial charge >= 0.3 is 0 Å². The Bertz CT molecular complexity index is 882. The Kier molecular flexibility index (Phi) is 4.39. The standard InChI is InChI=1S/C22H27N3S/c1-16-15-17(9-10-18(16)22(2,3)4)24-11-13-25(14-12-24)21-23-19-7-5-6-8-20(19)26-21/h5-10,15H,11-14H2,1-4H3. The van der Waals surface area contributed by atoms with E-state index in [2.05, 4.69) is 80.0 Å².